The number of hydrogen-bond donors (Lipinski definition) is 0. The van der Waals surface area contributed by atoms with Gasteiger partial charge in [0.2, 0.25) is 0 Å². The third-order valence-corrected chi connectivity index (χ3v) is 2.72. The van der Waals surface area contributed by atoms with E-state index in [-0.39, 0.29) is 26.2 Å². The molecule has 0 unspecified atom stereocenters. The van der Waals surface area contributed by atoms with Crippen molar-refractivity contribution in [2.75, 3.05) is 19.8 Å². The minimum Gasteiger partial charge on any atom is -0.456 e. The van der Waals surface area contributed by atoms with Gasteiger partial charge in [-0.05, 0) is 27.7 Å². The van der Waals surface area contributed by atoms with Gasteiger partial charge in [0.1, 0.15) is 12.2 Å². The van der Waals surface area contributed by atoms with Gasteiger partial charge in [0.05, 0.1) is 19.8 Å². The maximum atomic E-state index is 11.5. The molecule has 0 bridgehead atoms. The zero-order valence-corrected chi connectivity index (χ0v) is 13.3. The molecule has 1 aliphatic heterocycles. The number of carbonyl (C=O) groups is 2. The Bertz CT molecular complexity index is 447. The molecule has 1 rings (SSSR count). The minimum absolute atomic E-state index is 0.113. The lowest BCUT2D eigenvalue weighted by Crippen LogP contribution is -2.34. The van der Waals surface area contributed by atoms with E-state index in [1.165, 1.54) is 0 Å². The van der Waals surface area contributed by atoms with Crippen LogP contribution in [0.5, 0.6) is 0 Å². The standard InChI is InChI=1S/C15H22O7/c1-5-18-13(16)9-7-8-11(21-14(17)19-6-2)12-10-20-15(3,4)22-12/h11-12H,5-6,8,10H2,1-4H3/t11-,12+/m0/s1. The van der Waals surface area contributed by atoms with Crippen molar-refractivity contribution in [3.8, 4) is 11.8 Å². The monoisotopic (exact) mass is 314 g/mol. The molecule has 1 heterocycles. The molecule has 0 saturated carbocycles. The highest BCUT2D eigenvalue weighted by atomic mass is 16.8. The largest absolute Gasteiger partial charge is 0.508 e. The lowest BCUT2D eigenvalue weighted by molar-refractivity contribution is -0.152. The van der Waals surface area contributed by atoms with Gasteiger partial charge in [-0.25, -0.2) is 9.59 Å². The van der Waals surface area contributed by atoms with Gasteiger partial charge in [-0.3, -0.25) is 0 Å². The number of rotatable bonds is 5. The summed E-state index contributed by atoms with van der Waals surface area (Å²) >= 11 is 0. The highest BCUT2D eigenvalue weighted by molar-refractivity contribution is 5.88. The SMILES string of the molecule is CCOC(=O)C#CC[C@H](OC(=O)OCC)[C@H]1COC(C)(C)O1. The van der Waals surface area contributed by atoms with Gasteiger partial charge in [-0.1, -0.05) is 5.92 Å². The normalized spacial score (nSPS) is 20.5. The Morgan fingerprint density at radius 2 is 1.95 bits per heavy atom. The second-order valence-electron chi connectivity index (χ2n) is 4.93. The summed E-state index contributed by atoms with van der Waals surface area (Å²) in [7, 11) is 0. The zero-order chi connectivity index (χ0) is 16.6. The van der Waals surface area contributed by atoms with Crippen molar-refractivity contribution in [3.63, 3.8) is 0 Å². The van der Waals surface area contributed by atoms with Crippen LogP contribution in [0.25, 0.3) is 0 Å². The number of carbonyl (C=O) groups excluding carboxylic acids is 2. The molecule has 1 saturated heterocycles. The summed E-state index contributed by atoms with van der Waals surface area (Å²) < 4.78 is 25.7. The third-order valence-electron chi connectivity index (χ3n) is 2.72. The lowest BCUT2D eigenvalue weighted by Gasteiger charge is -2.22. The number of ether oxygens (including phenoxy) is 5. The fourth-order valence-electron chi connectivity index (χ4n) is 1.81. The summed E-state index contributed by atoms with van der Waals surface area (Å²) in [6.45, 7) is 7.61. The van der Waals surface area contributed by atoms with Crippen LogP contribution < -0.4 is 0 Å². The molecule has 1 fully saturated rings. The van der Waals surface area contributed by atoms with Crippen LogP contribution in [0.2, 0.25) is 0 Å². The Morgan fingerprint density at radius 3 is 2.50 bits per heavy atom. The highest BCUT2D eigenvalue weighted by Crippen LogP contribution is 2.26. The van der Waals surface area contributed by atoms with Gasteiger partial charge in [0.15, 0.2) is 5.79 Å². The molecule has 0 amide bonds. The first-order valence-corrected chi connectivity index (χ1v) is 7.18. The molecule has 1 aliphatic rings. The molecule has 22 heavy (non-hydrogen) atoms. The van der Waals surface area contributed by atoms with Crippen molar-refractivity contribution in [2.45, 2.75) is 52.1 Å². The van der Waals surface area contributed by atoms with Crippen molar-refractivity contribution in [2.24, 2.45) is 0 Å². The summed E-state index contributed by atoms with van der Waals surface area (Å²) in [4.78, 5) is 22.7. The van der Waals surface area contributed by atoms with E-state index in [1.807, 2.05) is 0 Å². The Kier molecular flexibility index (Phi) is 7.15. The molecule has 0 aromatic carbocycles. The van der Waals surface area contributed by atoms with Crippen LogP contribution in [-0.4, -0.2) is 49.9 Å². The van der Waals surface area contributed by atoms with E-state index in [0.29, 0.717) is 0 Å². The molecule has 0 aliphatic carbocycles. The molecule has 124 valence electrons. The molecular formula is C15H22O7. The zero-order valence-electron chi connectivity index (χ0n) is 13.3. The topological polar surface area (TPSA) is 80.3 Å². The number of esters is 1. The van der Waals surface area contributed by atoms with Crippen LogP contribution in [0.4, 0.5) is 4.79 Å². The van der Waals surface area contributed by atoms with E-state index in [9.17, 15) is 9.59 Å². The summed E-state index contributed by atoms with van der Waals surface area (Å²) in [5.41, 5.74) is 0. The van der Waals surface area contributed by atoms with E-state index in [4.69, 9.17) is 23.7 Å². The van der Waals surface area contributed by atoms with Crippen LogP contribution in [0.3, 0.4) is 0 Å². The van der Waals surface area contributed by atoms with Crippen molar-refractivity contribution in [1.29, 1.82) is 0 Å². The van der Waals surface area contributed by atoms with Crippen LogP contribution in [-0.2, 0) is 28.5 Å². The molecule has 0 aromatic heterocycles. The van der Waals surface area contributed by atoms with E-state index < -0.39 is 30.1 Å². The molecular weight excluding hydrogens is 292 g/mol. The molecule has 0 radical (unpaired) electrons. The first-order chi connectivity index (χ1) is 10.4. The lowest BCUT2D eigenvalue weighted by atomic mass is 10.1. The fourth-order valence-corrected chi connectivity index (χ4v) is 1.81. The second-order valence-corrected chi connectivity index (χ2v) is 4.93. The van der Waals surface area contributed by atoms with Crippen LogP contribution >= 0.6 is 0 Å². The molecule has 0 aromatic rings. The minimum atomic E-state index is -0.807. The quantitative estimate of drug-likeness (QED) is 0.433. The van der Waals surface area contributed by atoms with E-state index in [2.05, 4.69) is 11.8 Å². The predicted molar refractivity (Wildman–Crippen MR) is 75.8 cm³/mol. The molecule has 0 N–H and O–H groups in total. The summed E-state index contributed by atoms with van der Waals surface area (Å²) in [6, 6.07) is 0. The van der Waals surface area contributed by atoms with Gasteiger partial charge in [0.25, 0.3) is 0 Å². The van der Waals surface area contributed by atoms with Crippen molar-refractivity contribution in [3.05, 3.63) is 0 Å². The van der Waals surface area contributed by atoms with E-state index in [0.717, 1.165) is 0 Å². The summed E-state index contributed by atoms with van der Waals surface area (Å²) in [5, 5.41) is 0. The van der Waals surface area contributed by atoms with E-state index >= 15 is 0 Å². The summed E-state index contributed by atoms with van der Waals surface area (Å²) in [6.07, 6.45) is -1.86. The van der Waals surface area contributed by atoms with Crippen LogP contribution in [0, 0.1) is 11.8 Å². The first-order valence-electron chi connectivity index (χ1n) is 7.18. The third kappa shape index (κ3) is 6.33. The predicted octanol–water partition coefficient (Wildman–Crippen LogP) is 1.64. The average Bonchev–Trinajstić information content (AvgIpc) is 2.78. The Balaban J connectivity index is 2.66. The molecule has 2 atom stereocenters. The molecule has 7 heteroatoms. The van der Waals surface area contributed by atoms with Gasteiger partial charge >= 0.3 is 12.1 Å². The van der Waals surface area contributed by atoms with Gasteiger partial charge < -0.3 is 23.7 Å². The van der Waals surface area contributed by atoms with E-state index in [1.54, 1.807) is 27.7 Å². The maximum absolute atomic E-state index is 11.5. The van der Waals surface area contributed by atoms with Crippen LogP contribution in [0.1, 0.15) is 34.1 Å². The maximum Gasteiger partial charge on any atom is 0.508 e. The van der Waals surface area contributed by atoms with Crippen molar-refractivity contribution in [1.82, 2.24) is 0 Å². The summed E-state index contributed by atoms with van der Waals surface area (Å²) in [5.74, 6) is 3.57. The smallest absolute Gasteiger partial charge is 0.456 e. The van der Waals surface area contributed by atoms with Gasteiger partial charge in [-0.2, -0.15) is 0 Å². The first kappa shape index (κ1) is 18.3. The van der Waals surface area contributed by atoms with Crippen molar-refractivity contribution < 1.29 is 33.3 Å². The van der Waals surface area contributed by atoms with Gasteiger partial charge in [-0.15, -0.1) is 0 Å². The Labute approximate surface area is 130 Å². The molecule has 7 nitrogen and oxygen atoms in total. The average molecular weight is 314 g/mol. The van der Waals surface area contributed by atoms with Crippen LogP contribution in [0.15, 0.2) is 0 Å². The molecule has 0 spiro atoms. The van der Waals surface area contributed by atoms with Crippen molar-refractivity contribution >= 4 is 12.1 Å². The second kappa shape index (κ2) is 8.61. The number of hydrogen-bond acceptors (Lipinski definition) is 7. The fraction of sp³-hybridized carbons (Fsp3) is 0.733. The highest BCUT2D eigenvalue weighted by Gasteiger charge is 2.39. The Hall–Kier alpha value is -1.78. The van der Waals surface area contributed by atoms with Gasteiger partial charge in [0, 0.05) is 12.3 Å². The Morgan fingerprint density at radius 1 is 1.27 bits per heavy atom.